The third-order valence-corrected chi connectivity index (χ3v) is 6.89. The van der Waals surface area contributed by atoms with E-state index in [0.717, 1.165) is 41.7 Å². The summed E-state index contributed by atoms with van der Waals surface area (Å²) in [6, 6.07) is 20.3. The number of quaternary nitrogens is 1. The number of benzene rings is 3. The van der Waals surface area contributed by atoms with E-state index in [-0.39, 0.29) is 11.9 Å². The standard InChI is InChI=1S/C26H24N4O/c1-16-10-11-23-18(14-16)19-15-29(2)13-12-24(19)30(23)26(31)17-6-5-9-22-25(17)28-21-8-4-3-7-20(21)27-22/h3-11,14,19,24H,12-13,15H2,1-2H3/p+1/t19-,24+/m1/s1. The van der Waals surface area contributed by atoms with Gasteiger partial charge in [0, 0.05) is 12.1 Å². The van der Waals surface area contributed by atoms with Gasteiger partial charge in [-0.25, -0.2) is 9.97 Å². The number of likely N-dealkylation sites (N-methyl/N-ethyl adjacent to an activating group) is 1. The number of piperidine rings is 1. The van der Waals surface area contributed by atoms with Crippen LogP contribution in [0.5, 0.6) is 0 Å². The van der Waals surface area contributed by atoms with E-state index >= 15 is 0 Å². The topological polar surface area (TPSA) is 50.5 Å². The maximum absolute atomic E-state index is 14.0. The summed E-state index contributed by atoms with van der Waals surface area (Å²) in [5, 5.41) is 0. The fraction of sp³-hybridized carbons (Fsp3) is 0.269. The molecule has 5 nitrogen and oxygen atoms in total. The van der Waals surface area contributed by atoms with Gasteiger partial charge in [0.25, 0.3) is 5.91 Å². The van der Waals surface area contributed by atoms with Crippen molar-refractivity contribution >= 4 is 33.7 Å². The number of anilines is 1. The van der Waals surface area contributed by atoms with Gasteiger partial charge < -0.3 is 9.80 Å². The van der Waals surface area contributed by atoms with Gasteiger partial charge in [0.2, 0.25) is 0 Å². The molecule has 5 heteroatoms. The molecule has 1 fully saturated rings. The van der Waals surface area contributed by atoms with E-state index in [0.29, 0.717) is 17.0 Å². The van der Waals surface area contributed by atoms with Crippen LogP contribution in [0.1, 0.15) is 33.8 Å². The molecule has 1 N–H and O–H groups in total. The van der Waals surface area contributed by atoms with E-state index < -0.39 is 0 Å². The van der Waals surface area contributed by atoms with Crippen LogP contribution < -0.4 is 9.80 Å². The highest BCUT2D eigenvalue weighted by Gasteiger charge is 2.46. The minimum Gasteiger partial charge on any atom is -0.337 e. The maximum atomic E-state index is 14.0. The number of nitrogens with one attached hydrogen (secondary N) is 1. The molecule has 1 unspecified atom stereocenters. The number of carbonyl (C=O) groups excluding carboxylic acids is 1. The summed E-state index contributed by atoms with van der Waals surface area (Å²) in [6.07, 6.45) is 1.01. The fourth-order valence-electron chi connectivity index (χ4n) is 5.41. The maximum Gasteiger partial charge on any atom is 0.260 e. The fourth-order valence-corrected chi connectivity index (χ4v) is 5.41. The molecule has 4 aromatic rings. The van der Waals surface area contributed by atoms with Crippen molar-refractivity contribution in [1.82, 2.24) is 9.97 Å². The van der Waals surface area contributed by atoms with Gasteiger partial charge >= 0.3 is 0 Å². The lowest BCUT2D eigenvalue weighted by atomic mass is 9.88. The van der Waals surface area contributed by atoms with Crippen LogP contribution in [0.25, 0.3) is 22.1 Å². The second kappa shape index (κ2) is 6.86. The first kappa shape index (κ1) is 18.5. The lowest BCUT2D eigenvalue weighted by Crippen LogP contribution is -3.11. The van der Waals surface area contributed by atoms with E-state index in [2.05, 4.69) is 37.1 Å². The Bertz CT molecular complexity index is 1350. The van der Waals surface area contributed by atoms with E-state index in [1.807, 2.05) is 42.5 Å². The first-order chi connectivity index (χ1) is 15.1. The van der Waals surface area contributed by atoms with Crippen LogP contribution in [0.15, 0.2) is 60.7 Å². The van der Waals surface area contributed by atoms with Crippen molar-refractivity contribution < 1.29 is 9.69 Å². The Balaban J connectivity index is 1.51. The molecule has 0 bridgehead atoms. The van der Waals surface area contributed by atoms with Gasteiger partial charge in [-0.1, -0.05) is 35.9 Å². The van der Waals surface area contributed by atoms with Crippen LogP contribution in [-0.2, 0) is 0 Å². The number of carbonyl (C=O) groups is 1. The number of fused-ring (bicyclic) bond motifs is 5. The summed E-state index contributed by atoms with van der Waals surface area (Å²) in [7, 11) is 2.25. The highest BCUT2D eigenvalue weighted by molar-refractivity contribution is 6.14. The summed E-state index contributed by atoms with van der Waals surface area (Å²) in [5.41, 5.74) is 7.36. The van der Waals surface area contributed by atoms with E-state index in [1.54, 1.807) is 0 Å². The number of para-hydroxylation sites is 3. The second-order valence-electron chi connectivity index (χ2n) is 9.00. The van der Waals surface area contributed by atoms with Gasteiger partial charge in [0.15, 0.2) is 0 Å². The minimum atomic E-state index is 0.0346. The largest absolute Gasteiger partial charge is 0.337 e. The van der Waals surface area contributed by atoms with Crippen molar-refractivity contribution in [3.8, 4) is 0 Å². The molecule has 2 aliphatic rings. The monoisotopic (exact) mass is 409 g/mol. The van der Waals surface area contributed by atoms with Crippen molar-refractivity contribution in [2.24, 2.45) is 0 Å². The zero-order chi connectivity index (χ0) is 21.1. The SMILES string of the molecule is Cc1ccc2c(c1)[C@H]1C[NH+](C)CC[C@@H]1N2C(=O)c1cccc2nc3ccccc3nc12. The molecule has 0 aliphatic carbocycles. The Kier molecular flexibility index (Phi) is 4.08. The molecule has 1 aromatic heterocycles. The van der Waals surface area contributed by atoms with Crippen LogP contribution in [0.4, 0.5) is 5.69 Å². The van der Waals surface area contributed by atoms with E-state index in [4.69, 9.17) is 9.97 Å². The smallest absolute Gasteiger partial charge is 0.260 e. The Labute approximate surface area is 181 Å². The van der Waals surface area contributed by atoms with Gasteiger partial charge in [-0.2, -0.15) is 0 Å². The third kappa shape index (κ3) is 2.84. The number of aromatic nitrogens is 2. The molecule has 154 valence electrons. The van der Waals surface area contributed by atoms with Crippen molar-refractivity contribution in [3.05, 3.63) is 77.4 Å². The second-order valence-corrected chi connectivity index (χ2v) is 9.00. The van der Waals surface area contributed by atoms with Gasteiger partial charge in [-0.15, -0.1) is 0 Å². The normalized spacial score (nSPS) is 22.5. The summed E-state index contributed by atoms with van der Waals surface area (Å²) < 4.78 is 0. The number of aryl methyl sites for hydroxylation is 1. The third-order valence-electron chi connectivity index (χ3n) is 6.89. The Morgan fingerprint density at radius 1 is 1.00 bits per heavy atom. The van der Waals surface area contributed by atoms with Gasteiger partial charge in [-0.05, 0) is 42.8 Å². The molecule has 3 aromatic carbocycles. The zero-order valence-corrected chi connectivity index (χ0v) is 17.8. The molecular formula is C26H25N4O+. The van der Waals surface area contributed by atoms with Crippen LogP contribution in [0.3, 0.4) is 0 Å². The first-order valence-corrected chi connectivity index (χ1v) is 11.0. The molecular weight excluding hydrogens is 384 g/mol. The Hall–Kier alpha value is -3.31. The summed E-state index contributed by atoms with van der Waals surface area (Å²) in [4.78, 5) is 27.2. The molecule has 3 heterocycles. The molecule has 2 aliphatic heterocycles. The summed E-state index contributed by atoms with van der Waals surface area (Å²) >= 11 is 0. The number of hydrogen-bond acceptors (Lipinski definition) is 3. The number of likely N-dealkylation sites (tertiary alicyclic amines) is 1. The number of hydrogen-bond donors (Lipinski definition) is 1. The van der Waals surface area contributed by atoms with Crippen molar-refractivity contribution in [2.45, 2.75) is 25.3 Å². The summed E-state index contributed by atoms with van der Waals surface area (Å²) in [6.45, 7) is 4.27. The summed E-state index contributed by atoms with van der Waals surface area (Å²) in [5.74, 6) is 0.418. The number of rotatable bonds is 1. The van der Waals surface area contributed by atoms with Gasteiger partial charge in [0.1, 0.15) is 5.52 Å². The van der Waals surface area contributed by atoms with Gasteiger partial charge in [0.05, 0.1) is 54.2 Å². The lowest BCUT2D eigenvalue weighted by molar-refractivity contribution is -0.886. The molecule has 31 heavy (non-hydrogen) atoms. The van der Waals surface area contributed by atoms with Crippen molar-refractivity contribution in [2.75, 3.05) is 25.0 Å². The molecule has 1 amide bonds. The number of amides is 1. The van der Waals surface area contributed by atoms with Crippen LogP contribution in [0, 0.1) is 6.92 Å². The Morgan fingerprint density at radius 3 is 2.61 bits per heavy atom. The molecule has 0 radical (unpaired) electrons. The highest BCUT2D eigenvalue weighted by atomic mass is 16.2. The quantitative estimate of drug-likeness (QED) is 0.492. The predicted octanol–water partition coefficient (Wildman–Crippen LogP) is 3.12. The Morgan fingerprint density at radius 2 is 1.77 bits per heavy atom. The van der Waals surface area contributed by atoms with E-state index in [9.17, 15) is 4.79 Å². The molecule has 6 rings (SSSR count). The minimum absolute atomic E-state index is 0.0346. The average Bonchev–Trinajstić information content (AvgIpc) is 3.09. The predicted molar refractivity (Wildman–Crippen MR) is 123 cm³/mol. The van der Waals surface area contributed by atoms with Crippen molar-refractivity contribution in [1.29, 1.82) is 0 Å². The van der Waals surface area contributed by atoms with Crippen LogP contribution >= 0.6 is 0 Å². The highest BCUT2D eigenvalue weighted by Crippen LogP contribution is 2.44. The molecule has 3 atom stereocenters. The van der Waals surface area contributed by atoms with Crippen molar-refractivity contribution in [3.63, 3.8) is 0 Å². The zero-order valence-electron chi connectivity index (χ0n) is 17.8. The molecule has 0 spiro atoms. The molecule has 1 saturated heterocycles. The lowest BCUT2D eigenvalue weighted by Gasteiger charge is -2.34. The molecule has 0 saturated carbocycles. The van der Waals surface area contributed by atoms with Gasteiger partial charge in [-0.3, -0.25) is 4.79 Å². The number of nitrogens with zero attached hydrogens (tertiary/aromatic N) is 3. The average molecular weight is 410 g/mol. The first-order valence-electron chi connectivity index (χ1n) is 11.0. The van der Waals surface area contributed by atoms with E-state index in [1.165, 1.54) is 16.0 Å². The van der Waals surface area contributed by atoms with Crippen LogP contribution in [0.2, 0.25) is 0 Å². The van der Waals surface area contributed by atoms with Crippen LogP contribution in [-0.4, -0.2) is 42.1 Å².